The van der Waals surface area contributed by atoms with Crippen LogP contribution < -0.4 is 16.0 Å². The van der Waals surface area contributed by atoms with Gasteiger partial charge in [0.1, 0.15) is 17.9 Å². The van der Waals surface area contributed by atoms with Crippen LogP contribution in [0.2, 0.25) is 10.0 Å². The summed E-state index contributed by atoms with van der Waals surface area (Å²) in [5, 5.41) is 16.9. The SMILES string of the molecule is C.Clc1cccc(-c2nc3ccc4ccccc4c3n2-c2ccccc2)c1.Nc1ccc2ccccc2c1Nc1ccccc1.O=Cc1cccc(Cl)c1.c1ccc(Cc2ccc(-c3ccc4ccccc4c3)cc2)cc1.c1ccc(N(c2ccc(-c3ccc4ccccc4c3)cc2)c2cccc(-c3nc4ccc5ccccc5c4n3-c3ccccc3)c2)cc1. The highest BCUT2D eigenvalue weighted by atomic mass is 35.5. The number of nitrogens with zero attached hydrogens (tertiary/aromatic N) is 5. The molecule has 10 heteroatoms. The number of rotatable bonds is 14. The number of aromatic nitrogens is 4. The van der Waals surface area contributed by atoms with E-state index >= 15 is 0 Å². The van der Waals surface area contributed by atoms with Crippen LogP contribution in [-0.2, 0) is 6.42 Å². The number of benzene rings is 20. The summed E-state index contributed by atoms with van der Waals surface area (Å²) in [6.45, 7) is 0. The number of nitrogens with two attached hydrogens (primary N) is 1. The second-order valence-electron chi connectivity index (χ2n) is 30.2. The van der Waals surface area contributed by atoms with Gasteiger partial charge in [-0.2, -0.15) is 0 Å². The molecule has 602 valence electrons. The van der Waals surface area contributed by atoms with Crippen LogP contribution in [-0.4, -0.2) is 25.4 Å². The zero-order valence-corrected chi connectivity index (χ0v) is 69.2. The standard InChI is InChI=1S/C45H31N3.C23H15ClN2.C23H18.C16H14N2.C7H5ClO.CH4/c1-3-16-38(17-4-1)47(40-27-24-33(25-28-40)36-23-22-32-12-7-8-14-35(32)30-36)41-20-11-15-37(31-41)45-46-43-29-26-34-13-9-10-21-42(34)44(43)48(45)39-18-5-2-6-19-39;24-18-9-6-8-17(15-18)23-25-21-14-13-16-7-4-5-12-20(16)22(21)26(23)19-10-2-1-3-11-19;1-2-6-18(7-3-1)16-19-10-12-21(13-11-19)23-15-14-20-8-4-5-9-22(20)17-23;17-15-11-10-12-6-4-5-9-14(12)16(15)18-13-7-2-1-3-8-13;8-7-3-1-2-6(4-7)5-9;/h1-31H;1-15H;1-15,17H,16H2;1-11,18H,17H2;1-5H;1H4. The lowest BCUT2D eigenvalue weighted by Crippen LogP contribution is -2.10. The number of nitrogen functional groups attached to an aromatic ring is 1. The molecule has 22 aromatic rings. The molecule has 20 aromatic carbocycles. The van der Waals surface area contributed by atoms with Crippen LogP contribution in [0.3, 0.4) is 0 Å². The number of carbonyl (C=O) groups excluding carboxylic acids is 1. The highest BCUT2D eigenvalue weighted by molar-refractivity contribution is 6.31. The van der Waals surface area contributed by atoms with E-state index in [0.29, 0.717) is 15.6 Å². The van der Waals surface area contributed by atoms with E-state index in [2.05, 4.69) is 371 Å². The van der Waals surface area contributed by atoms with Gasteiger partial charge in [-0.1, -0.05) is 370 Å². The van der Waals surface area contributed by atoms with Gasteiger partial charge in [0, 0.05) is 77.0 Å². The van der Waals surface area contributed by atoms with Crippen molar-refractivity contribution in [3.8, 4) is 56.4 Å². The number of carbonyl (C=O) groups is 1. The fourth-order valence-electron chi connectivity index (χ4n) is 16.0. The first-order chi connectivity index (χ1) is 61.2. The van der Waals surface area contributed by atoms with Crippen LogP contribution in [0.1, 0.15) is 28.9 Å². The first kappa shape index (κ1) is 81.6. The van der Waals surface area contributed by atoms with Crippen LogP contribution in [0.15, 0.2) is 467 Å². The lowest BCUT2D eigenvalue weighted by atomic mass is 9.98. The van der Waals surface area contributed by atoms with Crippen molar-refractivity contribution in [1.82, 2.24) is 19.1 Å². The Kier molecular flexibility index (Phi) is 25.0. The van der Waals surface area contributed by atoms with E-state index < -0.39 is 0 Å². The number of halogens is 2. The highest BCUT2D eigenvalue weighted by Gasteiger charge is 2.22. The van der Waals surface area contributed by atoms with E-state index in [9.17, 15) is 4.79 Å². The first-order valence-electron chi connectivity index (χ1n) is 41.3. The molecule has 0 saturated heterocycles. The number of aldehydes is 1. The molecule has 0 bridgehead atoms. The van der Waals surface area contributed by atoms with Crippen molar-refractivity contribution in [3.63, 3.8) is 0 Å². The summed E-state index contributed by atoms with van der Waals surface area (Å²) in [6.07, 6.45) is 1.75. The smallest absolute Gasteiger partial charge is 0.150 e. The van der Waals surface area contributed by atoms with Gasteiger partial charge < -0.3 is 16.0 Å². The number of fused-ring (bicyclic) bond motifs is 9. The van der Waals surface area contributed by atoms with Gasteiger partial charge in [0.2, 0.25) is 0 Å². The lowest BCUT2D eigenvalue weighted by molar-refractivity contribution is 0.112. The molecule has 0 aliphatic rings. The Morgan fingerprint density at radius 2 is 0.688 bits per heavy atom. The summed E-state index contributed by atoms with van der Waals surface area (Å²) in [4.78, 5) is 22.6. The zero-order valence-electron chi connectivity index (χ0n) is 67.7. The van der Waals surface area contributed by atoms with Crippen molar-refractivity contribution < 1.29 is 4.79 Å². The molecular weight excluding hydrogens is 1570 g/mol. The van der Waals surface area contributed by atoms with Gasteiger partial charge in [0.15, 0.2) is 0 Å². The monoisotopic (exact) mass is 1650 g/mol. The van der Waals surface area contributed by atoms with Crippen molar-refractivity contribution in [2.24, 2.45) is 0 Å². The van der Waals surface area contributed by atoms with Crippen molar-refractivity contribution in [1.29, 1.82) is 0 Å². The number of anilines is 6. The van der Waals surface area contributed by atoms with Gasteiger partial charge in [-0.25, -0.2) is 9.97 Å². The molecule has 2 heterocycles. The molecule has 2 aromatic heterocycles. The predicted molar refractivity (Wildman–Crippen MR) is 531 cm³/mol. The van der Waals surface area contributed by atoms with Crippen molar-refractivity contribution >= 4 is 140 Å². The second kappa shape index (κ2) is 38.3. The van der Waals surface area contributed by atoms with E-state index in [1.807, 2.05) is 91.0 Å². The maximum absolute atomic E-state index is 10.1. The summed E-state index contributed by atoms with van der Waals surface area (Å²) in [6, 6.07) is 161. The maximum Gasteiger partial charge on any atom is 0.150 e. The van der Waals surface area contributed by atoms with Gasteiger partial charge >= 0.3 is 0 Å². The predicted octanol–water partition coefficient (Wildman–Crippen LogP) is 31.7. The third-order valence-electron chi connectivity index (χ3n) is 22.1. The van der Waals surface area contributed by atoms with Gasteiger partial charge in [0.05, 0.1) is 33.4 Å². The molecule has 0 spiro atoms. The number of imidazole rings is 2. The molecule has 8 nitrogen and oxygen atoms in total. The van der Waals surface area contributed by atoms with E-state index in [-0.39, 0.29) is 7.43 Å². The average molecular weight is 1650 g/mol. The minimum atomic E-state index is 0. The zero-order chi connectivity index (χ0) is 83.9. The van der Waals surface area contributed by atoms with Crippen LogP contribution in [0, 0.1) is 0 Å². The Hall–Kier alpha value is -15.7. The van der Waals surface area contributed by atoms with Crippen LogP contribution in [0.5, 0.6) is 0 Å². The molecule has 0 amide bonds. The maximum atomic E-state index is 10.1. The number of para-hydroxylation sites is 4. The third kappa shape index (κ3) is 18.6. The Labute approximate surface area is 738 Å². The summed E-state index contributed by atoms with van der Waals surface area (Å²) >= 11 is 11.8. The molecule has 0 aliphatic heterocycles. The van der Waals surface area contributed by atoms with Gasteiger partial charge in [-0.3, -0.25) is 13.9 Å². The largest absolute Gasteiger partial charge is 0.397 e. The molecule has 3 N–H and O–H groups in total. The molecule has 0 saturated carbocycles. The molecule has 0 aliphatic carbocycles. The number of nitrogens with one attached hydrogen (secondary N) is 1. The summed E-state index contributed by atoms with van der Waals surface area (Å²) < 4.78 is 4.53. The molecule has 125 heavy (non-hydrogen) atoms. The lowest BCUT2D eigenvalue weighted by Gasteiger charge is -2.26. The van der Waals surface area contributed by atoms with Crippen LogP contribution in [0.4, 0.5) is 34.1 Å². The van der Waals surface area contributed by atoms with Crippen molar-refractivity contribution in [3.05, 3.63) is 494 Å². The fourth-order valence-corrected chi connectivity index (χ4v) is 16.4. The molecule has 0 radical (unpaired) electrons. The molecule has 22 rings (SSSR count). The van der Waals surface area contributed by atoms with Crippen LogP contribution >= 0.6 is 23.2 Å². The van der Waals surface area contributed by atoms with Gasteiger partial charge in [-0.15, -0.1) is 0 Å². The number of hydrogen-bond acceptors (Lipinski definition) is 6. The molecule has 0 unspecified atom stereocenters. The summed E-state index contributed by atoms with van der Waals surface area (Å²) in [5.41, 5.74) is 28.7. The highest BCUT2D eigenvalue weighted by Crippen LogP contribution is 2.42. The molecular formula is C115H87Cl2N7O. The van der Waals surface area contributed by atoms with Crippen molar-refractivity contribution in [2.75, 3.05) is 16.0 Å². The topological polar surface area (TPSA) is 94.0 Å². The molecule has 0 fully saturated rings. The van der Waals surface area contributed by atoms with E-state index in [1.54, 1.807) is 24.3 Å². The third-order valence-corrected chi connectivity index (χ3v) is 22.5. The van der Waals surface area contributed by atoms with E-state index in [4.69, 9.17) is 38.9 Å². The quantitative estimate of drug-likeness (QED) is 0.0832. The Morgan fingerprint density at radius 3 is 1.20 bits per heavy atom. The number of hydrogen-bond donors (Lipinski definition) is 2. The normalized spacial score (nSPS) is 10.8. The average Bonchev–Trinajstić information content (AvgIpc) is 1.60. The minimum absolute atomic E-state index is 0. The second-order valence-corrected chi connectivity index (χ2v) is 31.1. The summed E-state index contributed by atoms with van der Waals surface area (Å²) in [7, 11) is 0. The minimum Gasteiger partial charge on any atom is -0.397 e. The van der Waals surface area contributed by atoms with Gasteiger partial charge in [-0.05, 0) is 205 Å². The Morgan fingerprint density at radius 1 is 0.304 bits per heavy atom. The first-order valence-corrected chi connectivity index (χ1v) is 42.1. The van der Waals surface area contributed by atoms with E-state index in [0.717, 1.165) is 108 Å². The molecule has 0 atom stereocenters. The fraction of sp³-hybridized carbons (Fsp3) is 0.0174. The van der Waals surface area contributed by atoms with E-state index in [1.165, 1.54) is 81.9 Å². The summed E-state index contributed by atoms with van der Waals surface area (Å²) in [5.74, 6) is 1.80. The van der Waals surface area contributed by atoms with Crippen LogP contribution in [0.25, 0.3) is 132 Å². The Balaban J connectivity index is 0.000000121. The Bertz CT molecular complexity index is 7470. The van der Waals surface area contributed by atoms with Crippen molar-refractivity contribution in [2.45, 2.75) is 13.8 Å². The van der Waals surface area contributed by atoms with Gasteiger partial charge in [0.25, 0.3) is 0 Å².